The van der Waals surface area contributed by atoms with Crippen LogP contribution < -0.4 is 5.56 Å². The maximum atomic E-state index is 12.4. The Morgan fingerprint density at radius 3 is 2.84 bits per heavy atom. The fourth-order valence-electron chi connectivity index (χ4n) is 3.22. The van der Waals surface area contributed by atoms with Crippen LogP contribution in [-0.4, -0.2) is 37.7 Å². The summed E-state index contributed by atoms with van der Waals surface area (Å²) in [6.45, 7) is 5.99. The zero-order valence-corrected chi connectivity index (χ0v) is 16.5. The summed E-state index contributed by atoms with van der Waals surface area (Å²) < 4.78 is 0.679. The molecule has 0 bridgehead atoms. The molecule has 0 aromatic carbocycles. The summed E-state index contributed by atoms with van der Waals surface area (Å²) >= 11 is 1.47. The van der Waals surface area contributed by atoms with E-state index in [0.717, 1.165) is 34.0 Å². The van der Waals surface area contributed by atoms with Gasteiger partial charge in [0.1, 0.15) is 10.5 Å². The van der Waals surface area contributed by atoms with Crippen LogP contribution in [0.4, 0.5) is 0 Å². The normalized spacial score (nSPS) is 17.4. The summed E-state index contributed by atoms with van der Waals surface area (Å²) in [6, 6.07) is 2.55. The number of rotatable bonds is 3. The number of hydrogen-bond acceptors (Lipinski definition) is 5. The van der Waals surface area contributed by atoms with Gasteiger partial charge in [-0.2, -0.15) is 5.10 Å². The molecule has 1 aliphatic heterocycles. The Morgan fingerprint density at radius 1 is 1.40 bits per heavy atom. The Hall–Kier alpha value is -1.41. The Balaban J connectivity index is 0.00000113. The second-order valence-electron chi connectivity index (χ2n) is 6.21. The molecule has 1 aliphatic rings. The van der Waals surface area contributed by atoms with Crippen molar-refractivity contribution in [1.82, 2.24) is 25.1 Å². The Labute approximate surface area is 161 Å². The van der Waals surface area contributed by atoms with E-state index in [1.807, 2.05) is 13.0 Å². The number of thiophene rings is 1. The third-order valence-electron chi connectivity index (χ3n) is 4.57. The van der Waals surface area contributed by atoms with Crippen molar-refractivity contribution in [1.29, 1.82) is 0 Å². The predicted octanol–water partition coefficient (Wildman–Crippen LogP) is 3.51. The van der Waals surface area contributed by atoms with Crippen molar-refractivity contribution in [3.05, 3.63) is 34.1 Å². The number of fused-ring (bicyclic) bond motifs is 1. The zero-order valence-electron chi connectivity index (χ0n) is 14.0. The number of aromatic nitrogens is 4. The molecule has 9 heteroatoms. The van der Waals surface area contributed by atoms with Crippen LogP contribution in [0.3, 0.4) is 0 Å². The fraction of sp³-hybridized carbons (Fsp3) is 0.438. The van der Waals surface area contributed by atoms with E-state index in [1.165, 1.54) is 24.2 Å². The molecule has 3 aromatic heterocycles. The van der Waals surface area contributed by atoms with E-state index in [0.29, 0.717) is 17.3 Å². The largest absolute Gasteiger partial charge is 0.308 e. The maximum Gasteiger partial charge on any atom is 0.268 e. The Morgan fingerprint density at radius 2 is 2.20 bits per heavy atom. The van der Waals surface area contributed by atoms with Crippen molar-refractivity contribution < 1.29 is 0 Å². The van der Waals surface area contributed by atoms with Gasteiger partial charge in [0.15, 0.2) is 0 Å². The van der Waals surface area contributed by atoms with Crippen molar-refractivity contribution in [3.63, 3.8) is 0 Å². The van der Waals surface area contributed by atoms with Gasteiger partial charge in [-0.25, -0.2) is 4.98 Å². The minimum absolute atomic E-state index is 0. The van der Waals surface area contributed by atoms with Gasteiger partial charge < -0.3 is 4.98 Å². The highest BCUT2D eigenvalue weighted by molar-refractivity contribution is 7.22. The standard InChI is InChI=1S/C16H19N5OS.2ClH/c1-9-4-3-5-21(9)8-14-18-12-6-13(11-7-17-20-10(11)2)23-15(12)16(22)19-14;;/h6-7,9H,3-5,8H2,1-2H3,(H,17,20)(H,18,19,22);2*1H/t9-;;/m0../s1. The molecule has 0 aliphatic carbocycles. The van der Waals surface area contributed by atoms with Crippen LogP contribution in [0.1, 0.15) is 31.3 Å². The van der Waals surface area contributed by atoms with E-state index in [1.54, 1.807) is 6.20 Å². The minimum Gasteiger partial charge on any atom is -0.308 e. The van der Waals surface area contributed by atoms with E-state index >= 15 is 0 Å². The second-order valence-corrected chi connectivity index (χ2v) is 7.26. The number of hydrogen-bond donors (Lipinski definition) is 2. The van der Waals surface area contributed by atoms with E-state index < -0.39 is 0 Å². The summed E-state index contributed by atoms with van der Waals surface area (Å²) in [4.78, 5) is 23.4. The Bertz CT molecular complexity index is 919. The molecule has 1 fully saturated rings. The molecule has 0 unspecified atom stereocenters. The number of H-pyrrole nitrogens is 2. The van der Waals surface area contributed by atoms with Crippen molar-refractivity contribution in [2.45, 2.75) is 39.3 Å². The molecule has 0 amide bonds. The van der Waals surface area contributed by atoms with Crippen LogP contribution >= 0.6 is 36.2 Å². The van der Waals surface area contributed by atoms with Gasteiger partial charge in [-0.1, -0.05) is 0 Å². The molecule has 3 aromatic rings. The molecule has 0 saturated carbocycles. The average molecular weight is 402 g/mol. The highest BCUT2D eigenvalue weighted by atomic mass is 35.5. The third-order valence-corrected chi connectivity index (χ3v) is 5.73. The SMILES string of the molecule is Cc1[nH]ncc1-c1cc2nc(CN3CCC[C@@H]3C)[nH]c(=O)c2s1.Cl.Cl. The monoisotopic (exact) mass is 401 g/mol. The van der Waals surface area contributed by atoms with Gasteiger partial charge >= 0.3 is 0 Å². The fourth-order valence-corrected chi connectivity index (χ4v) is 4.27. The summed E-state index contributed by atoms with van der Waals surface area (Å²) in [6.07, 6.45) is 4.23. The van der Waals surface area contributed by atoms with Gasteiger partial charge in [0.05, 0.1) is 18.3 Å². The molecule has 0 radical (unpaired) electrons. The summed E-state index contributed by atoms with van der Waals surface area (Å²) in [5.41, 5.74) is 2.76. The molecule has 4 rings (SSSR count). The number of aryl methyl sites for hydroxylation is 1. The molecular weight excluding hydrogens is 381 g/mol. The van der Waals surface area contributed by atoms with Gasteiger partial charge in [0, 0.05) is 22.2 Å². The lowest BCUT2D eigenvalue weighted by atomic mass is 10.2. The maximum absolute atomic E-state index is 12.4. The number of halogens is 2. The number of nitrogens with one attached hydrogen (secondary N) is 2. The Kier molecular flexibility index (Phi) is 6.26. The van der Waals surface area contributed by atoms with Crippen molar-refractivity contribution in [2.24, 2.45) is 0 Å². The minimum atomic E-state index is -0.0470. The van der Waals surface area contributed by atoms with E-state index in [2.05, 4.69) is 32.0 Å². The highest BCUT2D eigenvalue weighted by Gasteiger charge is 2.21. The third kappa shape index (κ3) is 3.74. The lowest BCUT2D eigenvalue weighted by Gasteiger charge is -2.19. The molecule has 1 saturated heterocycles. The smallest absolute Gasteiger partial charge is 0.268 e. The van der Waals surface area contributed by atoms with Gasteiger partial charge in [-0.15, -0.1) is 36.2 Å². The molecule has 4 heterocycles. The zero-order chi connectivity index (χ0) is 16.0. The molecule has 0 spiro atoms. The van der Waals surface area contributed by atoms with Crippen LogP contribution in [0.25, 0.3) is 20.7 Å². The molecule has 136 valence electrons. The lowest BCUT2D eigenvalue weighted by molar-refractivity contribution is 0.254. The van der Waals surface area contributed by atoms with E-state index in [9.17, 15) is 4.79 Å². The first-order chi connectivity index (χ1) is 11.1. The van der Waals surface area contributed by atoms with Crippen LogP contribution in [-0.2, 0) is 6.54 Å². The number of nitrogens with zero attached hydrogens (tertiary/aromatic N) is 3. The molecule has 1 atom stereocenters. The van der Waals surface area contributed by atoms with Crippen LogP contribution in [0, 0.1) is 6.92 Å². The van der Waals surface area contributed by atoms with Crippen molar-refractivity contribution in [3.8, 4) is 10.4 Å². The molecule has 2 N–H and O–H groups in total. The number of likely N-dealkylation sites (tertiary alicyclic amines) is 1. The summed E-state index contributed by atoms with van der Waals surface area (Å²) in [7, 11) is 0. The van der Waals surface area contributed by atoms with Gasteiger partial charge in [-0.3, -0.25) is 14.8 Å². The van der Waals surface area contributed by atoms with Gasteiger partial charge in [0.25, 0.3) is 5.56 Å². The summed E-state index contributed by atoms with van der Waals surface area (Å²) in [5, 5.41) is 6.99. The summed E-state index contributed by atoms with van der Waals surface area (Å²) in [5.74, 6) is 0.754. The van der Waals surface area contributed by atoms with Gasteiger partial charge in [-0.05, 0) is 39.3 Å². The highest BCUT2D eigenvalue weighted by Crippen LogP contribution is 2.32. The second kappa shape index (κ2) is 7.86. The number of aromatic amines is 2. The van der Waals surface area contributed by atoms with Crippen molar-refractivity contribution in [2.75, 3.05) is 6.54 Å². The van der Waals surface area contributed by atoms with Crippen LogP contribution in [0.2, 0.25) is 0 Å². The predicted molar refractivity (Wildman–Crippen MR) is 106 cm³/mol. The van der Waals surface area contributed by atoms with E-state index in [4.69, 9.17) is 0 Å². The first-order valence-electron chi connectivity index (χ1n) is 7.89. The topological polar surface area (TPSA) is 77.7 Å². The first kappa shape index (κ1) is 19.9. The average Bonchev–Trinajstić information content (AvgIpc) is 3.20. The van der Waals surface area contributed by atoms with E-state index in [-0.39, 0.29) is 30.4 Å². The van der Waals surface area contributed by atoms with Crippen LogP contribution in [0.5, 0.6) is 0 Å². The van der Waals surface area contributed by atoms with Crippen molar-refractivity contribution >= 4 is 46.4 Å². The van der Waals surface area contributed by atoms with Gasteiger partial charge in [0.2, 0.25) is 0 Å². The molecule has 25 heavy (non-hydrogen) atoms. The quantitative estimate of drug-likeness (QED) is 0.703. The molecular formula is C16H21Cl2N5OS. The van der Waals surface area contributed by atoms with Crippen LogP contribution in [0.15, 0.2) is 17.1 Å². The molecule has 6 nitrogen and oxygen atoms in total. The lowest BCUT2D eigenvalue weighted by Crippen LogP contribution is -2.28. The first-order valence-corrected chi connectivity index (χ1v) is 8.70.